The van der Waals surface area contributed by atoms with Crippen LogP contribution in [0.3, 0.4) is 0 Å². The van der Waals surface area contributed by atoms with Gasteiger partial charge in [0.15, 0.2) is 0 Å². The summed E-state index contributed by atoms with van der Waals surface area (Å²) >= 11 is 8.82. The van der Waals surface area contributed by atoms with Crippen LogP contribution < -0.4 is 10.9 Å². The molecule has 1 aromatic rings. The molecule has 38 heavy (non-hydrogen) atoms. The molecular formula is C28H41ClF2N4O2S. The van der Waals surface area contributed by atoms with E-state index < -0.39 is 5.92 Å². The van der Waals surface area contributed by atoms with E-state index in [1.165, 1.54) is 18.6 Å². The zero-order valence-corrected chi connectivity index (χ0v) is 24.1. The van der Waals surface area contributed by atoms with Crippen LogP contribution in [0.1, 0.15) is 62.5 Å². The van der Waals surface area contributed by atoms with E-state index in [1.807, 2.05) is 11.8 Å². The van der Waals surface area contributed by atoms with Gasteiger partial charge in [0.25, 0.3) is 11.5 Å². The molecule has 0 bridgehead atoms. The molecule has 7 unspecified atom stereocenters. The summed E-state index contributed by atoms with van der Waals surface area (Å²) in [6.45, 7) is 4.73. The van der Waals surface area contributed by atoms with Crippen molar-refractivity contribution < 1.29 is 13.5 Å². The average Bonchev–Trinajstić information content (AvgIpc) is 3.33. The van der Waals surface area contributed by atoms with Crippen molar-refractivity contribution >= 4 is 23.4 Å². The van der Waals surface area contributed by atoms with Gasteiger partial charge in [-0.05, 0) is 82.8 Å². The first-order valence-corrected chi connectivity index (χ1v) is 16.0. The quantitative estimate of drug-likeness (QED) is 0.521. The number of piperidine rings is 1. The van der Waals surface area contributed by atoms with Gasteiger partial charge in [-0.3, -0.25) is 14.3 Å². The van der Waals surface area contributed by atoms with Gasteiger partial charge in [0.05, 0.1) is 38.0 Å². The fourth-order valence-electron chi connectivity index (χ4n) is 7.87. The van der Waals surface area contributed by atoms with E-state index in [4.69, 9.17) is 21.3 Å². The summed E-state index contributed by atoms with van der Waals surface area (Å²) in [5, 5.41) is 4.67. The second-order valence-corrected chi connectivity index (χ2v) is 14.3. The number of hydrogen-bond acceptors (Lipinski definition) is 6. The second-order valence-electron chi connectivity index (χ2n) is 12.4. The predicted octanol–water partition coefficient (Wildman–Crippen LogP) is 4.02. The van der Waals surface area contributed by atoms with Crippen LogP contribution in [0.2, 0.25) is 0 Å². The van der Waals surface area contributed by atoms with Crippen molar-refractivity contribution in [3.05, 3.63) is 27.4 Å². The van der Waals surface area contributed by atoms with Crippen LogP contribution in [0, 0.1) is 18.8 Å². The van der Waals surface area contributed by atoms with Crippen LogP contribution in [0.25, 0.3) is 0 Å². The van der Waals surface area contributed by atoms with Crippen LogP contribution >= 0.6 is 23.4 Å². The summed E-state index contributed by atoms with van der Waals surface area (Å²) < 4.78 is 35.2. The van der Waals surface area contributed by atoms with Gasteiger partial charge in [0, 0.05) is 34.3 Å². The fraction of sp³-hybridized carbons (Fsp3) is 0.857. The lowest BCUT2D eigenvalue weighted by Crippen LogP contribution is -2.61. The van der Waals surface area contributed by atoms with E-state index in [0.29, 0.717) is 66.6 Å². The van der Waals surface area contributed by atoms with Gasteiger partial charge < -0.3 is 10.1 Å². The second kappa shape index (κ2) is 10.9. The molecule has 0 radical (unpaired) electrons. The van der Waals surface area contributed by atoms with Crippen molar-refractivity contribution in [1.82, 2.24) is 19.8 Å². The first-order chi connectivity index (χ1) is 18.2. The van der Waals surface area contributed by atoms with Crippen molar-refractivity contribution in [3.63, 3.8) is 0 Å². The standard InChI is InChI=1S/C28H41ClF2N4O2S/c1-16-11-21(26-24(32-16)7-10-38-26)20-12-18(29)3-6-25(20)37-9-8-35-17(2)33-23-5-4-19(13-22(23)27(35)36)34-14-28(30,31)15-34/h16,18-21,24-26,32H,3-15H2,1-2H3/t16?,18?,19-,20?,21?,24?,25?,26?/m0/s1. The average molecular weight is 571 g/mol. The smallest absolute Gasteiger partial charge is 0.272 e. The van der Waals surface area contributed by atoms with Gasteiger partial charge in [-0.2, -0.15) is 11.8 Å². The first-order valence-electron chi connectivity index (χ1n) is 14.5. The Labute approximate surface area is 233 Å². The van der Waals surface area contributed by atoms with E-state index in [-0.39, 0.29) is 36.2 Å². The van der Waals surface area contributed by atoms with Crippen LogP contribution in [0.5, 0.6) is 0 Å². The Bertz CT molecular complexity index is 1080. The number of hydrogen-bond donors (Lipinski definition) is 1. The Kier molecular flexibility index (Phi) is 7.88. The van der Waals surface area contributed by atoms with E-state index >= 15 is 0 Å². The summed E-state index contributed by atoms with van der Waals surface area (Å²) in [5.41, 5.74) is 1.53. The highest BCUT2D eigenvalue weighted by molar-refractivity contribution is 8.00. The molecule has 8 atom stereocenters. The Morgan fingerprint density at radius 2 is 2.00 bits per heavy atom. The van der Waals surface area contributed by atoms with E-state index in [1.54, 1.807) is 4.57 Å². The molecular weight excluding hydrogens is 530 g/mol. The number of nitrogens with one attached hydrogen (secondary N) is 1. The van der Waals surface area contributed by atoms with Crippen molar-refractivity contribution in [3.8, 4) is 0 Å². The molecule has 1 saturated carbocycles. The highest BCUT2D eigenvalue weighted by atomic mass is 35.5. The fourth-order valence-corrected chi connectivity index (χ4v) is 9.87. The Morgan fingerprint density at radius 3 is 2.79 bits per heavy atom. The third kappa shape index (κ3) is 5.44. The molecule has 1 aromatic heterocycles. The number of nitrogens with zero attached hydrogens (tertiary/aromatic N) is 3. The van der Waals surface area contributed by atoms with Gasteiger partial charge >= 0.3 is 0 Å². The van der Waals surface area contributed by atoms with Crippen molar-refractivity contribution in [1.29, 1.82) is 0 Å². The Hall–Kier alpha value is -0.740. The normalized spacial score (nSPS) is 38.9. The van der Waals surface area contributed by atoms with Gasteiger partial charge in [-0.25, -0.2) is 13.8 Å². The SMILES string of the molecule is Cc1nc2c(c(=O)n1CCOC1CCC(Cl)CC1C1CC(C)NC3CCSC31)C[C@@H](N1CC(F)(F)C1)CC2. The molecule has 4 heterocycles. The predicted molar refractivity (Wildman–Crippen MR) is 148 cm³/mol. The molecule has 6 nitrogen and oxygen atoms in total. The molecule has 3 saturated heterocycles. The van der Waals surface area contributed by atoms with Crippen LogP contribution in [-0.4, -0.2) is 80.7 Å². The molecule has 4 fully saturated rings. The summed E-state index contributed by atoms with van der Waals surface area (Å²) in [5.74, 6) is 0.403. The summed E-state index contributed by atoms with van der Waals surface area (Å²) in [6, 6.07) is 1.12. The lowest BCUT2D eigenvalue weighted by atomic mass is 9.71. The topological polar surface area (TPSA) is 59.4 Å². The molecule has 0 amide bonds. The molecule has 0 aromatic carbocycles. The maximum absolute atomic E-state index is 13.5. The van der Waals surface area contributed by atoms with Crippen LogP contribution in [-0.2, 0) is 24.1 Å². The molecule has 5 aliphatic rings. The maximum atomic E-state index is 13.5. The molecule has 0 spiro atoms. The Morgan fingerprint density at radius 1 is 1.18 bits per heavy atom. The Balaban J connectivity index is 1.12. The monoisotopic (exact) mass is 570 g/mol. The lowest BCUT2D eigenvalue weighted by Gasteiger charge is -2.46. The number of aryl methyl sites for hydroxylation is 2. The zero-order valence-electron chi connectivity index (χ0n) is 22.5. The molecule has 212 valence electrons. The molecule has 2 aliphatic carbocycles. The number of alkyl halides is 3. The third-order valence-corrected chi connectivity index (χ3v) is 11.7. The van der Waals surface area contributed by atoms with E-state index in [0.717, 1.165) is 31.4 Å². The zero-order chi connectivity index (χ0) is 26.6. The highest BCUT2D eigenvalue weighted by Gasteiger charge is 2.48. The molecule has 6 rings (SSSR count). The number of halogens is 3. The number of fused-ring (bicyclic) bond motifs is 2. The van der Waals surface area contributed by atoms with Crippen LogP contribution in [0.4, 0.5) is 8.78 Å². The van der Waals surface area contributed by atoms with Crippen LogP contribution in [0.15, 0.2) is 4.79 Å². The maximum Gasteiger partial charge on any atom is 0.272 e. The van der Waals surface area contributed by atoms with E-state index in [2.05, 4.69) is 24.0 Å². The van der Waals surface area contributed by atoms with Gasteiger partial charge in [0.2, 0.25) is 0 Å². The third-order valence-electron chi connectivity index (χ3n) is 9.73. The number of aromatic nitrogens is 2. The van der Waals surface area contributed by atoms with Crippen molar-refractivity contribution in [2.45, 2.75) is 113 Å². The van der Waals surface area contributed by atoms with Crippen molar-refractivity contribution in [2.24, 2.45) is 11.8 Å². The lowest BCUT2D eigenvalue weighted by molar-refractivity contribution is -0.147. The molecule has 1 N–H and O–H groups in total. The molecule has 10 heteroatoms. The largest absolute Gasteiger partial charge is 0.376 e. The first kappa shape index (κ1) is 27.4. The minimum atomic E-state index is -2.59. The minimum absolute atomic E-state index is 0.000171. The minimum Gasteiger partial charge on any atom is -0.376 e. The van der Waals surface area contributed by atoms with Gasteiger partial charge in [-0.15, -0.1) is 11.6 Å². The summed E-state index contributed by atoms with van der Waals surface area (Å²) in [4.78, 5) is 20.1. The summed E-state index contributed by atoms with van der Waals surface area (Å²) in [6.07, 6.45) is 7.49. The number of ether oxygens (including phenoxy) is 1. The van der Waals surface area contributed by atoms with Crippen molar-refractivity contribution in [2.75, 3.05) is 25.4 Å². The highest BCUT2D eigenvalue weighted by Crippen LogP contribution is 2.47. The number of thioether (sulfide) groups is 1. The van der Waals surface area contributed by atoms with Gasteiger partial charge in [0.1, 0.15) is 5.82 Å². The number of likely N-dealkylation sites (tertiary alicyclic amines) is 1. The molecule has 3 aliphatic heterocycles. The van der Waals surface area contributed by atoms with E-state index in [9.17, 15) is 13.6 Å². The summed E-state index contributed by atoms with van der Waals surface area (Å²) in [7, 11) is 0. The van der Waals surface area contributed by atoms with Gasteiger partial charge in [-0.1, -0.05) is 0 Å². The number of rotatable bonds is 6.